The smallest absolute Gasteiger partial charge is 0.251 e. The molecule has 1 saturated carbocycles. The number of anilines is 1. The second-order valence-corrected chi connectivity index (χ2v) is 6.49. The number of hydrogen-bond donors (Lipinski definition) is 2. The Morgan fingerprint density at radius 2 is 1.90 bits per heavy atom. The Labute approximate surface area is 127 Å². The topological polar surface area (TPSA) is 55.1 Å². The van der Waals surface area contributed by atoms with E-state index < -0.39 is 0 Å². The number of nitrogen functional groups attached to an aromatic ring is 1. The number of aryl methyl sites for hydroxylation is 1. The van der Waals surface area contributed by atoms with E-state index >= 15 is 0 Å². The summed E-state index contributed by atoms with van der Waals surface area (Å²) in [5.74, 6) is 0.00880. The van der Waals surface area contributed by atoms with E-state index in [9.17, 15) is 4.79 Å². The van der Waals surface area contributed by atoms with Gasteiger partial charge in [-0.05, 0) is 55.7 Å². The van der Waals surface area contributed by atoms with Crippen LogP contribution < -0.4 is 11.1 Å². The predicted octanol–water partition coefficient (Wildman–Crippen LogP) is 3.70. The maximum atomic E-state index is 12.3. The first-order chi connectivity index (χ1) is 8.87. The van der Waals surface area contributed by atoms with E-state index in [0.29, 0.717) is 22.7 Å². The molecule has 1 fully saturated rings. The van der Waals surface area contributed by atoms with Crippen molar-refractivity contribution in [2.45, 2.75) is 52.5 Å². The Morgan fingerprint density at radius 1 is 1.30 bits per heavy atom. The molecule has 0 heterocycles. The first-order valence-corrected chi connectivity index (χ1v) is 7.04. The van der Waals surface area contributed by atoms with Gasteiger partial charge in [-0.15, -0.1) is 12.4 Å². The number of hydrogen-bond acceptors (Lipinski definition) is 2. The zero-order chi connectivity index (χ0) is 14.0. The normalized spacial score (nSPS) is 18.1. The zero-order valence-corrected chi connectivity index (χ0v) is 13.3. The molecule has 0 unspecified atom stereocenters. The third kappa shape index (κ3) is 4.14. The maximum Gasteiger partial charge on any atom is 0.251 e. The average Bonchev–Trinajstić information content (AvgIpc) is 2.35. The van der Waals surface area contributed by atoms with Crippen LogP contribution in [-0.2, 0) is 0 Å². The summed E-state index contributed by atoms with van der Waals surface area (Å²) in [6.07, 6.45) is 4.49. The van der Waals surface area contributed by atoms with Crippen molar-refractivity contribution in [2.75, 3.05) is 5.73 Å². The molecule has 1 aliphatic carbocycles. The Kier molecular flexibility index (Phi) is 5.46. The summed E-state index contributed by atoms with van der Waals surface area (Å²) >= 11 is 0. The van der Waals surface area contributed by atoms with E-state index in [1.807, 2.05) is 19.1 Å². The number of carbonyl (C=O) groups excluding carboxylic acids is 1. The van der Waals surface area contributed by atoms with Crippen molar-refractivity contribution in [3.63, 3.8) is 0 Å². The zero-order valence-electron chi connectivity index (χ0n) is 12.5. The number of benzene rings is 1. The van der Waals surface area contributed by atoms with E-state index in [1.54, 1.807) is 6.07 Å². The predicted molar refractivity (Wildman–Crippen MR) is 86.3 cm³/mol. The molecule has 0 spiro atoms. The highest BCUT2D eigenvalue weighted by atomic mass is 35.5. The quantitative estimate of drug-likeness (QED) is 0.818. The van der Waals surface area contributed by atoms with Crippen molar-refractivity contribution in [1.82, 2.24) is 5.32 Å². The lowest BCUT2D eigenvalue weighted by molar-refractivity contribution is 0.0908. The van der Waals surface area contributed by atoms with Gasteiger partial charge in [0, 0.05) is 17.3 Å². The van der Waals surface area contributed by atoms with Gasteiger partial charge >= 0.3 is 0 Å². The fourth-order valence-corrected chi connectivity index (χ4v) is 2.69. The summed E-state index contributed by atoms with van der Waals surface area (Å²) in [7, 11) is 0. The van der Waals surface area contributed by atoms with Crippen molar-refractivity contribution >= 4 is 24.0 Å². The van der Waals surface area contributed by atoms with Gasteiger partial charge in [-0.25, -0.2) is 0 Å². The van der Waals surface area contributed by atoms with Gasteiger partial charge < -0.3 is 11.1 Å². The van der Waals surface area contributed by atoms with Crippen LogP contribution in [0.25, 0.3) is 0 Å². The van der Waals surface area contributed by atoms with Crippen LogP contribution in [-0.4, -0.2) is 11.9 Å². The summed E-state index contributed by atoms with van der Waals surface area (Å²) in [6, 6.07) is 5.79. The Morgan fingerprint density at radius 3 is 2.50 bits per heavy atom. The molecule has 1 amide bonds. The van der Waals surface area contributed by atoms with Crippen molar-refractivity contribution in [2.24, 2.45) is 5.41 Å². The first-order valence-electron chi connectivity index (χ1n) is 7.04. The molecule has 0 aliphatic heterocycles. The van der Waals surface area contributed by atoms with E-state index in [2.05, 4.69) is 19.2 Å². The van der Waals surface area contributed by atoms with Crippen LogP contribution in [0.15, 0.2) is 18.2 Å². The van der Waals surface area contributed by atoms with Gasteiger partial charge in [-0.1, -0.05) is 19.9 Å². The van der Waals surface area contributed by atoms with Crippen LogP contribution in [0.5, 0.6) is 0 Å². The van der Waals surface area contributed by atoms with E-state index in [4.69, 9.17) is 5.73 Å². The number of nitrogens with two attached hydrogens (primary N) is 1. The van der Waals surface area contributed by atoms with Crippen molar-refractivity contribution in [3.05, 3.63) is 29.3 Å². The molecule has 20 heavy (non-hydrogen) atoms. The van der Waals surface area contributed by atoms with Crippen molar-refractivity contribution in [3.8, 4) is 0 Å². The Balaban J connectivity index is 0.00000200. The van der Waals surface area contributed by atoms with Crippen LogP contribution in [0, 0.1) is 12.3 Å². The molecule has 112 valence electrons. The van der Waals surface area contributed by atoms with E-state index in [0.717, 1.165) is 18.4 Å². The minimum atomic E-state index is 0. The second kappa shape index (κ2) is 6.49. The number of carbonyl (C=O) groups is 1. The molecule has 2 rings (SSSR count). The lowest BCUT2D eigenvalue weighted by Crippen LogP contribution is -2.39. The molecule has 1 aliphatic rings. The summed E-state index contributed by atoms with van der Waals surface area (Å²) in [4.78, 5) is 12.3. The monoisotopic (exact) mass is 296 g/mol. The van der Waals surface area contributed by atoms with Crippen LogP contribution in [0.3, 0.4) is 0 Å². The highest BCUT2D eigenvalue weighted by Crippen LogP contribution is 2.35. The Bertz CT molecular complexity index is 475. The fraction of sp³-hybridized carbons (Fsp3) is 0.562. The number of rotatable bonds is 2. The third-order valence-corrected chi connectivity index (χ3v) is 4.18. The van der Waals surface area contributed by atoms with Gasteiger partial charge in [0.15, 0.2) is 0 Å². The van der Waals surface area contributed by atoms with Crippen LogP contribution >= 0.6 is 12.4 Å². The van der Waals surface area contributed by atoms with Gasteiger partial charge in [0.1, 0.15) is 0 Å². The molecule has 1 aromatic carbocycles. The molecular formula is C16H25ClN2O. The molecule has 0 aromatic heterocycles. The molecule has 0 radical (unpaired) electrons. The van der Waals surface area contributed by atoms with Crippen LogP contribution in [0.4, 0.5) is 5.69 Å². The molecule has 3 nitrogen and oxygen atoms in total. The molecule has 4 heteroatoms. The molecule has 0 bridgehead atoms. The SMILES string of the molecule is Cc1ccc(N)cc1C(=O)NC1CCC(C)(C)CC1.Cl. The lowest BCUT2D eigenvalue weighted by Gasteiger charge is -2.34. The molecular weight excluding hydrogens is 272 g/mol. The molecule has 3 N–H and O–H groups in total. The number of amides is 1. The summed E-state index contributed by atoms with van der Waals surface area (Å²) in [5, 5.41) is 3.15. The number of halogens is 1. The summed E-state index contributed by atoms with van der Waals surface area (Å²) in [6.45, 7) is 6.54. The highest BCUT2D eigenvalue weighted by molar-refractivity contribution is 5.96. The standard InChI is InChI=1S/C16H24N2O.ClH/c1-11-4-5-12(17)10-14(11)15(19)18-13-6-8-16(2,3)9-7-13;/h4-5,10,13H,6-9,17H2,1-3H3,(H,18,19);1H. The van der Waals surface area contributed by atoms with Gasteiger partial charge in [-0.3, -0.25) is 4.79 Å². The molecule has 0 saturated heterocycles. The third-order valence-electron chi connectivity index (χ3n) is 4.18. The van der Waals surface area contributed by atoms with E-state index in [-0.39, 0.29) is 18.3 Å². The van der Waals surface area contributed by atoms with Crippen LogP contribution in [0.2, 0.25) is 0 Å². The molecule has 1 aromatic rings. The Hall–Kier alpha value is -1.22. The van der Waals surface area contributed by atoms with E-state index in [1.165, 1.54) is 12.8 Å². The molecule has 0 atom stereocenters. The largest absolute Gasteiger partial charge is 0.399 e. The van der Waals surface area contributed by atoms with Crippen LogP contribution in [0.1, 0.15) is 55.5 Å². The second-order valence-electron chi connectivity index (χ2n) is 6.49. The minimum Gasteiger partial charge on any atom is -0.399 e. The lowest BCUT2D eigenvalue weighted by atomic mass is 9.75. The minimum absolute atomic E-state index is 0. The van der Waals surface area contributed by atoms with Gasteiger partial charge in [-0.2, -0.15) is 0 Å². The fourth-order valence-electron chi connectivity index (χ4n) is 2.69. The average molecular weight is 297 g/mol. The highest BCUT2D eigenvalue weighted by Gasteiger charge is 2.27. The van der Waals surface area contributed by atoms with Crippen molar-refractivity contribution in [1.29, 1.82) is 0 Å². The first kappa shape index (κ1) is 16.8. The summed E-state index contributed by atoms with van der Waals surface area (Å²) < 4.78 is 0. The van der Waals surface area contributed by atoms with Gasteiger partial charge in [0.25, 0.3) is 5.91 Å². The van der Waals surface area contributed by atoms with Gasteiger partial charge in [0.05, 0.1) is 0 Å². The number of nitrogens with one attached hydrogen (secondary N) is 1. The maximum absolute atomic E-state index is 12.3. The van der Waals surface area contributed by atoms with Gasteiger partial charge in [0.2, 0.25) is 0 Å². The summed E-state index contributed by atoms with van der Waals surface area (Å²) in [5.41, 5.74) is 8.49. The van der Waals surface area contributed by atoms with Crippen molar-refractivity contribution < 1.29 is 4.79 Å².